The topological polar surface area (TPSA) is 74.0 Å². The van der Waals surface area contributed by atoms with Gasteiger partial charge in [-0.3, -0.25) is 9.48 Å². The van der Waals surface area contributed by atoms with Gasteiger partial charge in [0.05, 0.1) is 18.4 Å². The first-order valence-corrected chi connectivity index (χ1v) is 11.5. The predicted molar refractivity (Wildman–Crippen MR) is 135 cm³/mol. The summed E-state index contributed by atoms with van der Waals surface area (Å²) in [6, 6.07) is 24.0. The molecule has 2 aromatic heterocycles. The Morgan fingerprint density at radius 3 is 2.50 bits per heavy atom. The minimum Gasteiger partial charge on any atom is -0.471 e. The van der Waals surface area contributed by atoms with Gasteiger partial charge in [0.1, 0.15) is 11.6 Å². The van der Waals surface area contributed by atoms with Crippen molar-refractivity contribution in [2.75, 3.05) is 5.32 Å². The summed E-state index contributed by atoms with van der Waals surface area (Å²) >= 11 is 6.08. The third kappa shape index (κ3) is 5.45. The van der Waals surface area contributed by atoms with Crippen molar-refractivity contribution in [2.45, 2.75) is 13.3 Å². The quantitative estimate of drug-likeness (QED) is 0.288. The zero-order valence-electron chi connectivity index (χ0n) is 19.0. The second-order valence-electron chi connectivity index (χ2n) is 7.99. The summed E-state index contributed by atoms with van der Waals surface area (Å²) < 4.78 is 22.8. The molecule has 180 valence electrons. The first-order valence-electron chi connectivity index (χ1n) is 11.1. The van der Waals surface area contributed by atoms with Gasteiger partial charge in [-0.05, 0) is 41.5 Å². The lowest BCUT2D eigenvalue weighted by Crippen LogP contribution is -2.14. The minimum atomic E-state index is -0.413. The molecule has 36 heavy (non-hydrogen) atoms. The van der Waals surface area contributed by atoms with Gasteiger partial charge in [-0.25, -0.2) is 9.07 Å². The molecule has 3 aromatic carbocycles. The highest BCUT2D eigenvalue weighted by atomic mass is 35.5. The largest absolute Gasteiger partial charge is 0.471 e. The van der Waals surface area contributed by atoms with Gasteiger partial charge in [-0.1, -0.05) is 60.1 Å². The molecule has 0 aliphatic rings. The zero-order chi connectivity index (χ0) is 24.9. The molecule has 0 aliphatic heterocycles. The molecular weight excluding hydrogens is 481 g/mol. The van der Waals surface area contributed by atoms with Crippen LogP contribution < -0.4 is 10.1 Å². The van der Waals surface area contributed by atoms with Gasteiger partial charge in [0.25, 0.3) is 5.91 Å². The smallest absolute Gasteiger partial charge is 0.276 e. The van der Waals surface area contributed by atoms with E-state index < -0.39 is 11.7 Å². The molecular formula is C27H21ClFN5O2. The lowest BCUT2D eigenvalue weighted by atomic mass is 10.1. The van der Waals surface area contributed by atoms with Crippen molar-refractivity contribution >= 4 is 23.2 Å². The van der Waals surface area contributed by atoms with E-state index in [9.17, 15) is 9.18 Å². The maximum Gasteiger partial charge on any atom is 0.276 e. The van der Waals surface area contributed by atoms with Crippen molar-refractivity contribution in [3.63, 3.8) is 0 Å². The van der Waals surface area contributed by atoms with Crippen molar-refractivity contribution in [3.8, 4) is 16.9 Å². The number of ether oxygens (including phenoxy) is 1. The fraction of sp³-hybridized carbons (Fsp3) is 0.0741. The fourth-order valence-electron chi connectivity index (χ4n) is 3.62. The molecule has 7 nitrogen and oxygen atoms in total. The molecule has 0 bridgehead atoms. The highest BCUT2D eigenvalue weighted by molar-refractivity contribution is 6.31. The lowest BCUT2D eigenvalue weighted by Gasteiger charge is -2.07. The number of benzene rings is 3. The number of hydrogen-bond donors (Lipinski definition) is 1. The first kappa shape index (κ1) is 23.3. The van der Waals surface area contributed by atoms with Crippen LogP contribution >= 0.6 is 11.6 Å². The normalized spacial score (nSPS) is 10.8. The van der Waals surface area contributed by atoms with Crippen LogP contribution in [0.1, 0.15) is 16.1 Å². The SMILES string of the molecule is O=C(Nc1cnn(Cc2c(F)cccc2Cl)c1)c1ccn(COc2ccc(-c3ccccc3)cc2)n1. The van der Waals surface area contributed by atoms with E-state index in [-0.39, 0.29) is 19.0 Å². The number of amides is 1. The molecule has 0 saturated carbocycles. The number of aromatic nitrogens is 4. The van der Waals surface area contributed by atoms with Crippen LogP contribution in [0.15, 0.2) is 97.5 Å². The summed E-state index contributed by atoms with van der Waals surface area (Å²) in [5.74, 6) is -0.119. The maximum absolute atomic E-state index is 14.0. The Morgan fingerprint density at radius 2 is 1.72 bits per heavy atom. The Kier molecular flexibility index (Phi) is 6.77. The monoisotopic (exact) mass is 501 g/mol. The van der Waals surface area contributed by atoms with E-state index >= 15 is 0 Å². The standard InChI is InChI=1S/C27H21ClFN5O2/c28-24-7-4-8-25(29)23(24)17-34-16-21(15-30-34)31-27(35)26-13-14-33(32-26)18-36-22-11-9-20(10-12-22)19-5-2-1-3-6-19/h1-16H,17-18H2,(H,31,35). The first-order chi connectivity index (χ1) is 17.5. The predicted octanol–water partition coefficient (Wildman–Crippen LogP) is 5.88. The molecule has 1 amide bonds. The van der Waals surface area contributed by atoms with E-state index in [1.54, 1.807) is 30.6 Å². The Labute approximate surface area is 211 Å². The summed E-state index contributed by atoms with van der Waals surface area (Å²) in [6.45, 7) is 0.291. The van der Waals surface area contributed by atoms with E-state index in [0.29, 0.717) is 22.0 Å². The van der Waals surface area contributed by atoms with Crippen LogP contribution in [-0.4, -0.2) is 25.5 Å². The van der Waals surface area contributed by atoms with Crippen LogP contribution in [-0.2, 0) is 13.3 Å². The molecule has 2 heterocycles. The molecule has 0 unspecified atom stereocenters. The van der Waals surface area contributed by atoms with Crippen LogP contribution in [0.3, 0.4) is 0 Å². The second kappa shape index (κ2) is 10.5. The molecule has 0 atom stereocenters. The molecule has 0 aliphatic carbocycles. The third-order valence-corrected chi connectivity index (χ3v) is 5.83. The van der Waals surface area contributed by atoms with Crippen LogP contribution in [0.4, 0.5) is 10.1 Å². The lowest BCUT2D eigenvalue weighted by molar-refractivity contribution is 0.102. The minimum absolute atomic E-state index is 0.139. The zero-order valence-corrected chi connectivity index (χ0v) is 19.8. The van der Waals surface area contributed by atoms with Gasteiger partial charge in [-0.2, -0.15) is 10.2 Å². The van der Waals surface area contributed by atoms with Crippen LogP contribution in [0.5, 0.6) is 5.75 Å². The third-order valence-electron chi connectivity index (χ3n) is 5.47. The Morgan fingerprint density at radius 1 is 0.944 bits per heavy atom. The average molecular weight is 502 g/mol. The maximum atomic E-state index is 14.0. The van der Waals surface area contributed by atoms with Crippen molar-refractivity contribution < 1.29 is 13.9 Å². The Bertz CT molecular complexity index is 1460. The van der Waals surface area contributed by atoms with Crippen molar-refractivity contribution in [3.05, 3.63) is 120 Å². The molecule has 0 fully saturated rings. The molecule has 0 radical (unpaired) electrons. The van der Waals surface area contributed by atoms with Crippen LogP contribution in [0.2, 0.25) is 5.02 Å². The van der Waals surface area contributed by atoms with E-state index in [1.165, 1.54) is 21.6 Å². The van der Waals surface area contributed by atoms with E-state index in [2.05, 4.69) is 27.6 Å². The van der Waals surface area contributed by atoms with E-state index in [4.69, 9.17) is 16.3 Å². The average Bonchev–Trinajstić information content (AvgIpc) is 3.56. The number of nitrogens with one attached hydrogen (secondary N) is 1. The van der Waals surface area contributed by atoms with Crippen LogP contribution in [0, 0.1) is 5.82 Å². The number of hydrogen-bond acceptors (Lipinski definition) is 4. The Balaban J connectivity index is 1.16. The molecule has 0 spiro atoms. The summed E-state index contributed by atoms with van der Waals surface area (Å²) in [6.07, 6.45) is 4.74. The van der Waals surface area contributed by atoms with Crippen molar-refractivity contribution in [2.24, 2.45) is 0 Å². The molecule has 0 saturated heterocycles. The summed E-state index contributed by atoms with van der Waals surface area (Å²) in [5, 5.41) is 11.5. The number of carbonyl (C=O) groups excluding carboxylic acids is 1. The molecule has 5 rings (SSSR count). The van der Waals surface area contributed by atoms with Gasteiger partial charge in [0, 0.05) is 23.0 Å². The van der Waals surface area contributed by atoms with E-state index in [0.717, 1.165) is 11.1 Å². The van der Waals surface area contributed by atoms with Gasteiger partial charge < -0.3 is 10.1 Å². The van der Waals surface area contributed by atoms with Gasteiger partial charge in [-0.15, -0.1) is 0 Å². The van der Waals surface area contributed by atoms with Gasteiger partial charge >= 0.3 is 0 Å². The number of anilines is 1. The Hall–Kier alpha value is -4.43. The van der Waals surface area contributed by atoms with E-state index in [1.807, 2.05) is 42.5 Å². The van der Waals surface area contributed by atoms with Crippen LogP contribution in [0.25, 0.3) is 11.1 Å². The summed E-state index contributed by atoms with van der Waals surface area (Å²) in [5.41, 5.74) is 3.24. The highest BCUT2D eigenvalue weighted by Gasteiger charge is 2.13. The molecule has 5 aromatic rings. The number of carbonyl (C=O) groups is 1. The van der Waals surface area contributed by atoms with Gasteiger partial charge in [0.15, 0.2) is 12.4 Å². The molecule has 1 N–H and O–H groups in total. The van der Waals surface area contributed by atoms with Crippen molar-refractivity contribution in [1.29, 1.82) is 0 Å². The number of halogens is 2. The number of nitrogens with zero attached hydrogens (tertiary/aromatic N) is 4. The van der Waals surface area contributed by atoms with Crippen molar-refractivity contribution in [1.82, 2.24) is 19.6 Å². The second-order valence-corrected chi connectivity index (χ2v) is 8.39. The van der Waals surface area contributed by atoms with Gasteiger partial charge in [0.2, 0.25) is 0 Å². The number of rotatable bonds is 8. The molecule has 9 heteroatoms. The summed E-state index contributed by atoms with van der Waals surface area (Å²) in [4.78, 5) is 12.6. The highest BCUT2D eigenvalue weighted by Crippen LogP contribution is 2.23. The fourth-order valence-corrected chi connectivity index (χ4v) is 3.85. The summed E-state index contributed by atoms with van der Waals surface area (Å²) in [7, 11) is 0.